The van der Waals surface area contributed by atoms with Crippen molar-refractivity contribution in [3.05, 3.63) is 35.4 Å². The fourth-order valence-electron chi connectivity index (χ4n) is 1.02. The molecule has 5 heteroatoms. The zero-order chi connectivity index (χ0) is 11.4. The molecule has 0 amide bonds. The lowest BCUT2D eigenvalue weighted by Crippen LogP contribution is -2.33. The van der Waals surface area contributed by atoms with Crippen LogP contribution in [0.2, 0.25) is 0 Å². The Balaban J connectivity index is 2.62. The predicted octanol–water partition coefficient (Wildman–Crippen LogP) is 1.53. The van der Waals surface area contributed by atoms with Crippen LogP contribution >= 0.6 is 0 Å². The summed E-state index contributed by atoms with van der Waals surface area (Å²) in [5, 5.41) is 11.2. The van der Waals surface area contributed by atoms with Crippen molar-refractivity contribution in [1.29, 1.82) is 0 Å². The van der Waals surface area contributed by atoms with Crippen molar-refractivity contribution < 1.29 is 18.7 Å². The van der Waals surface area contributed by atoms with Crippen LogP contribution in [0.3, 0.4) is 0 Å². The third-order valence-corrected chi connectivity index (χ3v) is 1.98. The van der Waals surface area contributed by atoms with Crippen molar-refractivity contribution >= 4 is 5.97 Å². The van der Waals surface area contributed by atoms with Crippen LogP contribution in [-0.4, -0.2) is 17.1 Å². The second kappa shape index (κ2) is 4.84. The summed E-state index contributed by atoms with van der Waals surface area (Å²) in [6.45, 7) is 1.50. The largest absolute Gasteiger partial charge is 0.480 e. The Labute approximate surface area is 85.7 Å². The molecule has 0 bridgehead atoms. The van der Waals surface area contributed by atoms with Gasteiger partial charge < -0.3 is 10.4 Å². The maximum atomic E-state index is 13.1. The molecule has 3 nitrogen and oxygen atoms in total. The van der Waals surface area contributed by atoms with Crippen LogP contribution in [0.25, 0.3) is 0 Å². The van der Waals surface area contributed by atoms with Gasteiger partial charge in [0.1, 0.15) is 17.7 Å². The molecule has 0 saturated heterocycles. The fourth-order valence-corrected chi connectivity index (χ4v) is 1.02. The Morgan fingerprint density at radius 3 is 2.73 bits per heavy atom. The molecule has 1 atom stereocenters. The minimum absolute atomic E-state index is 0.0551. The Hall–Kier alpha value is -1.49. The molecular formula is C10H11F2NO2. The van der Waals surface area contributed by atoms with Gasteiger partial charge in [-0.25, -0.2) is 8.78 Å². The molecule has 0 fully saturated rings. The molecule has 1 aromatic rings. The molecule has 0 aliphatic heterocycles. The summed E-state index contributed by atoms with van der Waals surface area (Å²) in [6.07, 6.45) is 0. The van der Waals surface area contributed by atoms with E-state index < -0.39 is 23.6 Å². The average molecular weight is 215 g/mol. The molecule has 0 saturated carbocycles. The lowest BCUT2D eigenvalue weighted by Gasteiger charge is -2.09. The first-order chi connectivity index (χ1) is 7.00. The highest BCUT2D eigenvalue weighted by atomic mass is 19.1. The Kier molecular flexibility index (Phi) is 3.74. The van der Waals surface area contributed by atoms with Gasteiger partial charge in [-0.05, 0) is 13.0 Å². The van der Waals surface area contributed by atoms with E-state index in [1.165, 1.54) is 13.0 Å². The van der Waals surface area contributed by atoms with Crippen LogP contribution < -0.4 is 5.32 Å². The van der Waals surface area contributed by atoms with E-state index in [1.54, 1.807) is 0 Å². The van der Waals surface area contributed by atoms with Crippen LogP contribution in [0.1, 0.15) is 12.5 Å². The van der Waals surface area contributed by atoms with Gasteiger partial charge in [-0.1, -0.05) is 6.07 Å². The van der Waals surface area contributed by atoms with Crippen LogP contribution in [0.15, 0.2) is 18.2 Å². The zero-order valence-electron chi connectivity index (χ0n) is 8.13. The van der Waals surface area contributed by atoms with E-state index in [0.717, 1.165) is 12.1 Å². The molecule has 0 aromatic heterocycles. The van der Waals surface area contributed by atoms with E-state index in [-0.39, 0.29) is 12.1 Å². The summed E-state index contributed by atoms with van der Waals surface area (Å²) >= 11 is 0. The van der Waals surface area contributed by atoms with Crippen molar-refractivity contribution in [1.82, 2.24) is 5.32 Å². The maximum absolute atomic E-state index is 13.1. The quantitative estimate of drug-likeness (QED) is 0.800. The number of hydrogen-bond acceptors (Lipinski definition) is 2. The van der Waals surface area contributed by atoms with E-state index in [1.807, 2.05) is 0 Å². The summed E-state index contributed by atoms with van der Waals surface area (Å²) in [6, 6.07) is 2.41. The summed E-state index contributed by atoms with van der Waals surface area (Å²) in [7, 11) is 0. The van der Waals surface area contributed by atoms with Gasteiger partial charge in [0.05, 0.1) is 0 Å². The average Bonchev–Trinajstić information content (AvgIpc) is 2.15. The minimum Gasteiger partial charge on any atom is -0.480 e. The molecule has 0 aliphatic rings. The van der Waals surface area contributed by atoms with Gasteiger partial charge in [0.15, 0.2) is 0 Å². The standard InChI is InChI=1S/C10H11F2NO2/c1-6(10(14)15)13-5-7-2-3-8(11)4-9(7)12/h2-4,6,13H,5H2,1H3,(H,14,15)/t6-/m1/s1. The lowest BCUT2D eigenvalue weighted by molar-refractivity contribution is -0.139. The second-order valence-corrected chi connectivity index (χ2v) is 3.18. The van der Waals surface area contributed by atoms with E-state index in [4.69, 9.17) is 5.11 Å². The van der Waals surface area contributed by atoms with Crippen molar-refractivity contribution in [2.75, 3.05) is 0 Å². The molecule has 82 valence electrons. The number of carboxylic acid groups (broad SMARTS) is 1. The van der Waals surface area contributed by atoms with Crippen molar-refractivity contribution in [3.63, 3.8) is 0 Å². The highest BCUT2D eigenvalue weighted by Crippen LogP contribution is 2.09. The Morgan fingerprint density at radius 2 is 2.20 bits per heavy atom. The molecule has 0 spiro atoms. The molecule has 2 N–H and O–H groups in total. The predicted molar refractivity (Wildman–Crippen MR) is 50.3 cm³/mol. The number of benzene rings is 1. The molecule has 0 aliphatic carbocycles. The topological polar surface area (TPSA) is 49.3 Å². The number of carbonyl (C=O) groups is 1. The van der Waals surface area contributed by atoms with Gasteiger partial charge >= 0.3 is 5.97 Å². The lowest BCUT2D eigenvalue weighted by atomic mass is 10.2. The van der Waals surface area contributed by atoms with E-state index in [9.17, 15) is 13.6 Å². The molecule has 15 heavy (non-hydrogen) atoms. The Morgan fingerprint density at radius 1 is 1.53 bits per heavy atom. The van der Waals surface area contributed by atoms with Gasteiger partial charge in [0.2, 0.25) is 0 Å². The van der Waals surface area contributed by atoms with E-state index in [2.05, 4.69) is 5.32 Å². The third-order valence-electron chi connectivity index (χ3n) is 1.98. The molecule has 1 aromatic carbocycles. The number of rotatable bonds is 4. The van der Waals surface area contributed by atoms with Crippen molar-refractivity contribution in [2.24, 2.45) is 0 Å². The normalized spacial score (nSPS) is 12.5. The van der Waals surface area contributed by atoms with Gasteiger partial charge in [0.25, 0.3) is 0 Å². The first kappa shape index (κ1) is 11.6. The van der Waals surface area contributed by atoms with Crippen LogP contribution in [0, 0.1) is 11.6 Å². The van der Waals surface area contributed by atoms with Gasteiger partial charge in [0, 0.05) is 18.2 Å². The van der Waals surface area contributed by atoms with E-state index >= 15 is 0 Å². The van der Waals surface area contributed by atoms with Gasteiger partial charge in [-0.2, -0.15) is 0 Å². The zero-order valence-corrected chi connectivity index (χ0v) is 8.13. The Bertz CT molecular complexity index is 368. The minimum atomic E-state index is -1.02. The first-order valence-electron chi connectivity index (χ1n) is 4.41. The summed E-state index contributed by atoms with van der Waals surface area (Å²) in [4.78, 5) is 10.4. The van der Waals surface area contributed by atoms with Crippen LogP contribution in [-0.2, 0) is 11.3 Å². The monoisotopic (exact) mass is 215 g/mol. The number of aliphatic carboxylic acids is 1. The second-order valence-electron chi connectivity index (χ2n) is 3.18. The fraction of sp³-hybridized carbons (Fsp3) is 0.300. The van der Waals surface area contributed by atoms with Gasteiger partial charge in [-0.3, -0.25) is 4.79 Å². The molecular weight excluding hydrogens is 204 g/mol. The van der Waals surface area contributed by atoms with Gasteiger partial charge in [-0.15, -0.1) is 0 Å². The number of carboxylic acids is 1. The van der Waals surface area contributed by atoms with Crippen LogP contribution in [0.5, 0.6) is 0 Å². The molecule has 0 radical (unpaired) electrons. The number of hydrogen-bond donors (Lipinski definition) is 2. The maximum Gasteiger partial charge on any atom is 0.320 e. The first-order valence-corrected chi connectivity index (χ1v) is 4.41. The third kappa shape index (κ3) is 3.28. The number of nitrogens with one attached hydrogen (secondary N) is 1. The van der Waals surface area contributed by atoms with Crippen molar-refractivity contribution in [3.8, 4) is 0 Å². The van der Waals surface area contributed by atoms with E-state index in [0.29, 0.717) is 0 Å². The highest BCUT2D eigenvalue weighted by Gasteiger charge is 2.11. The smallest absolute Gasteiger partial charge is 0.320 e. The summed E-state index contributed by atoms with van der Waals surface area (Å²) in [5.41, 5.74) is 0.240. The molecule has 0 heterocycles. The SMILES string of the molecule is C[C@@H](NCc1ccc(F)cc1F)C(=O)O. The summed E-state index contributed by atoms with van der Waals surface area (Å²) in [5.74, 6) is -2.35. The van der Waals surface area contributed by atoms with Crippen molar-refractivity contribution in [2.45, 2.75) is 19.5 Å². The molecule has 0 unspecified atom stereocenters. The highest BCUT2D eigenvalue weighted by molar-refractivity contribution is 5.72. The van der Waals surface area contributed by atoms with Crippen LogP contribution in [0.4, 0.5) is 8.78 Å². The summed E-state index contributed by atoms with van der Waals surface area (Å²) < 4.78 is 25.6. The number of halogens is 2. The molecule has 1 rings (SSSR count).